The average Bonchev–Trinajstić information content (AvgIpc) is 2.31. The van der Waals surface area contributed by atoms with Gasteiger partial charge in [-0.2, -0.15) is 0 Å². The molecule has 0 N–H and O–H groups in total. The summed E-state index contributed by atoms with van der Waals surface area (Å²) in [6, 6.07) is 10.3. The van der Waals surface area contributed by atoms with Gasteiger partial charge in [0.2, 0.25) is 0 Å². The average molecular weight is 213 g/mol. The number of aromatic nitrogens is 2. The van der Waals surface area contributed by atoms with Crippen molar-refractivity contribution in [2.75, 3.05) is 19.0 Å². The van der Waals surface area contributed by atoms with Crippen LogP contribution < -0.4 is 4.90 Å². The summed E-state index contributed by atoms with van der Waals surface area (Å²) in [6.45, 7) is 0. The van der Waals surface area contributed by atoms with E-state index in [1.165, 1.54) is 11.3 Å². The zero-order valence-corrected chi connectivity index (χ0v) is 9.59. The Labute approximate surface area is 95.8 Å². The van der Waals surface area contributed by atoms with Crippen molar-refractivity contribution in [1.29, 1.82) is 0 Å². The molecule has 16 heavy (non-hydrogen) atoms. The topological polar surface area (TPSA) is 29.0 Å². The van der Waals surface area contributed by atoms with Gasteiger partial charge < -0.3 is 4.90 Å². The molecule has 3 nitrogen and oxygen atoms in total. The molecule has 0 aliphatic heterocycles. The van der Waals surface area contributed by atoms with E-state index in [-0.39, 0.29) is 0 Å². The largest absolute Gasteiger partial charge is 0.378 e. The van der Waals surface area contributed by atoms with E-state index < -0.39 is 0 Å². The lowest BCUT2D eigenvalue weighted by Gasteiger charge is -2.12. The lowest BCUT2D eigenvalue weighted by Crippen LogP contribution is -2.08. The molecule has 3 heteroatoms. The third-order valence-corrected chi connectivity index (χ3v) is 2.43. The minimum Gasteiger partial charge on any atom is -0.378 e. The van der Waals surface area contributed by atoms with Gasteiger partial charge in [0.1, 0.15) is 5.82 Å². The van der Waals surface area contributed by atoms with Crippen LogP contribution in [0.25, 0.3) is 0 Å². The third-order valence-electron chi connectivity index (χ3n) is 2.43. The number of benzene rings is 1. The summed E-state index contributed by atoms with van der Waals surface area (Å²) < 4.78 is 0. The molecule has 82 valence electrons. The highest BCUT2D eigenvalue weighted by Gasteiger charge is 1.99. The minimum absolute atomic E-state index is 0.786. The van der Waals surface area contributed by atoms with Crippen molar-refractivity contribution in [3.63, 3.8) is 0 Å². The maximum Gasteiger partial charge on any atom is 0.132 e. The molecule has 0 unspecified atom stereocenters. The first-order valence-corrected chi connectivity index (χ1v) is 5.28. The van der Waals surface area contributed by atoms with E-state index in [2.05, 4.69) is 39.1 Å². The van der Waals surface area contributed by atoms with Crippen molar-refractivity contribution in [3.05, 3.63) is 54.1 Å². The Morgan fingerprint density at radius 1 is 1.00 bits per heavy atom. The SMILES string of the molecule is CN(C)c1ccc(Cc2ncccn2)cc1. The summed E-state index contributed by atoms with van der Waals surface area (Å²) >= 11 is 0. The fourth-order valence-electron chi connectivity index (χ4n) is 1.52. The van der Waals surface area contributed by atoms with Crippen molar-refractivity contribution in [2.24, 2.45) is 0 Å². The lowest BCUT2D eigenvalue weighted by atomic mass is 10.1. The number of anilines is 1. The van der Waals surface area contributed by atoms with Crippen LogP contribution in [-0.4, -0.2) is 24.1 Å². The minimum atomic E-state index is 0.786. The smallest absolute Gasteiger partial charge is 0.132 e. The van der Waals surface area contributed by atoms with Crippen LogP contribution in [0.15, 0.2) is 42.7 Å². The van der Waals surface area contributed by atoms with Gasteiger partial charge >= 0.3 is 0 Å². The second kappa shape index (κ2) is 4.75. The van der Waals surface area contributed by atoms with Crippen LogP contribution in [0.3, 0.4) is 0 Å². The summed E-state index contributed by atoms with van der Waals surface area (Å²) in [5, 5.41) is 0. The van der Waals surface area contributed by atoms with Crippen LogP contribution in [0.1, 0.15) is 11.4 Å². The quantitative estimate of drug-likeness (QED) is 0.782. The summed E-state index contributed by atoms with van der Waals surface area (Å²) in [5.41, 5.74) is 2.44. The predicted octanol–water partition coefficient (Wildman–Crippen LogP) is 2.13. The first-order valence-electron chi connectivity index (χ1n) is 5.28. The Bertz CT molecular complexity index is 434. The van der Waals surface area contributed by atoms with E-state index >= 15 is 0 Å². The molecule has 0 spiro atoms. The lowest BCUT2D eigenvalue weighted by molar-refractivity contribution is 0.967. The van der Waals surface area contributed by atoms with Gasteiger partial charge in [0.25, 0.3) is 0 Å². The second-order valence-electron chi connectivity index (χ2n) is 3.90. The van der Waals surface area contributed by atoms with Gasteiger partial charge in [-0.05, 0) is 23.8 Å². The van der Waals surface area contributed by atoms with Crippen molar-refractivity contribution in [2.45, 2.75) is 6.42 Å². The Kier molecular flexibility index (Phi) is 3.15. The van der Waals surface area contributed by atoms with Crippen LogP contribution in [-0.2, 0) is 6.42 Å². The number of hydrogen-bond donors (Lipinski definition) is 0. The third kappa shape index (κ3) is 2.57. The summed E-state index contributed by atoms with van der Waals surface area (Å²) in [7, 11) is 4.07. The second-order valence-corrected chi connectivity index (χ2v) is 3.90. The summed E-state index contributed by atoms with van der Waals surface area (Å²) in [4.78, 5) is 10.5. The van der Waals surface area contributed by atoms with Crippen LogP contribution in [0, 0.1) is 0 Å². The van der Waals surface area contributed by atoms with E-state index in [4.69, 9.17) is 0 Å². The van der Waals surface area contributed by atoms with E-state index in [1.807, 2.05) is 20.2 Å². The molecule has 0 saturated heterocycles. The normalized spacial score (nSPS) is 10.1. The molecule has 0 atom stereocenters. The highest BCUT2D eigenvalue weighted by Crippen LogP contribution is 2.13. The van der Waals surface area contributed by atoms with E-state index in [0.717, 1.165) is 12.2 Å². The van der Waals surface area contributed by atoms with E-state index in [0.29, 0.717) is 0 Å². The molecule has 0 radical (unpaired) electrons. The standard InChI is InChI=1S/C13H15N3/c1-16(2)12-6-4-11(5-7-12)10-13-14-8-3-9-15-13/h3-9H,10H2,1-2H3. The van der Waals surface area contributed by atoms with Gasteiger partial charge in [0, 0.05) is 38.6 Å². The van der Waals surface area contributed by atoms with Crippen molar-refractivity contribution < 1.29 is 0 Å². The van der Waals surface area contributed by atoms with Crippen LogP contribution in [0.5, 0.6) is 0 Å². The molecule has 2 aromatic rings. The van der Waals surface area contributed by atoms with Gasteiger partial charge in [-0.25, -0.2) is 9.97 Å². The molecule has 2 rings (SSSR count). The Morgan fingerprint density at radius 2 is 1.62 bits per heavy atom. The van der Waals surface area contributed by atoms with Crippen LogP contribution >= 0.6 is 0 Å². The molecule has 0 fully saturated rings. The predicted molar refractivity (Wildman–Crippen MR) is 65.6 cm³/mol. The molecule has 1 aromatic carbocycles. The molecule has 1 aromatic heterocycles. The molecule has 0 amide bonds. The first kappa shape index (κ1) is 10.6. The van der Waals surface area contributed by atoms with Crippen molar-refractivity contribution >= 4 is 5.69 Å². The maximum absolute atomic E-state index is 4.21. The van der Waals surface area contributed by atoms with Gasteiger partial charge in [-0.1, -0.05) is 12.1 Å². The zero-order chi connectivity index (χ0) is 11.4. The fraction of sp³-hybridized carbons (Fsp3) is 0.231. The van der Waals surface area contributed by atoms with Crippen molar-refractivity contribution in [3.8, 4) is 0 Å². The molecular weight excluding hydrogens is 198 g/mol. The molecular formula is C13H15N3. The molecule has 1 heterocycles. The Balaban J connectivity index is 2.11. The number of nitrogens with zero attached hydrogens (tertiary/aromatic N) is 3. The van der Waals surface area contributed by atoms with Gasteiger partial charge in [-0.15, -0.1) is 0 Å². The summed E-state index contributed by atoms with van der Waals surface area (Å²) in [5.74, 6) is 0.861. The molecule has 0 bridgehead atoms. The van der Waals surface area contributed by atoms with Crippen LogP contribution in [0.4, 0.5) is 5.69 Å². The Morgan fingerprint density at radius 3 is 2.19 bits per heavy atom. The van der Waals surface area contributed by atoms with Crippen molar-refractivity contribution in [1.82, 2.24) is 9.97 Å². The molecule has 0 saturated carbocycles. The van der Waals surface area contributed by atoms with Crippen LogP contribution in [0.2, 0.25) is 0 Å². The highest BCUT2D eigenvalue weighted by molar-refractivity contribution is 5.46. The highest BCUT2D eigenvalue weighted by atomic mass is 15.1. The number of hydrogen-bond acceptors (Lipinski definition) is 3. The zero-order valence-electron chi connectivity index (χ0n) is 9.59. The Hall–Kier alpha value is -1.90. The number of rotatable bonds is 3. The van der Waals surface area contributed by atoms with Gasteiger partial charge in [0.05, 0.1) is 0 Å². The fourth-order valence-corrected chi connectivity index (χ4v) is 1.52. The van der Waals surface area contributed by atoms with Gasteiger partial charge in [-0.3, -0.25) is 0 Å². The monoisotopic (exact) mass is 213 g/mol. The first-order chi connectivity index (χ1) is 7.75. The maximum atomic E-state index is 4.21. The van der Waals surface area contributed by atoms with Gasteiger partial charge in [0.15, 0.2) is 0 Å². The summed E-state index contributed by atoms with van der Waals surface area (Å²) in [6.07, 6.45) is 4.33. The van der Waals surface area contributed by atoms with E-state index in [9.17, 15) is 0 Å². The van der Waals surface area contributed by atoms with E-state index in [1.54, 1.807) is 12.4 Å². The molecule has 0 aliphatic carbocycles. The molecule has 0 aliphatic rings.